The van der Waals surface area contributed by atoms with Crippen molar-refractivity contribution in [3.8, 4) is 22.8 Å². The third kappa shape index (κ3) is 5.08. The molecule has 10 heteroatoms. The van der Waals surface area contributed by atoms with E-state index in [0.717, 1.165) is 33.3 Å². The van der Waals surface area contributed by atoms with Gasteiger partial charge < -0.3 is 25.0 Å². The van der Waals surface area contributed by atoms with Gasteiger partial charge in [-0.25, -0.2) is 4.98 Å². The lowest BCUT2D eigenvalue weighted by atomic mass is 10.1. The Balaban J connectivity index is 1.31. The molecule has 2 N–H and O–H groups in total. The van der Waals surface area contributed by atoms with Gasteiger partial charge in [0.25, 0.3) is 0 Å². The summed E-state index contributed by atoms with van der Waals surface area (Å²) in [6, 6.07) is 14.0. The first-order chi connectivity index (χ1) is 17.2. The quantitative estimate of drug-likeness (QED) is 0.382. The molecular weight excluding hydrogens is 476 g/mol. The molecule has 3 heterocycles. The lowest BCUT2D eigenvalue weighted by molar-refractivity contribution is -0.119. The molecule has 2 aromatic heterocycles. The van der Waals surface area contributed by atoms with Gasteiger partial charge in [-0.05, 0) is 45.4 Å². The van der Waals surface area contributed by atoms with E-state index in [0.29, 0.717) is 17.4 Å². The van der Waals surface area contributed by atoms with Crippen molar-refractivity contribution in [3.63, 3.8) is 0 Å². The van der Waals surface area contributed by atoms with Crippen molar-refractivity contribution in [2.24, 2.45) is 0 Å². The molecule has 0 unspecified atom stereocenters. The molecule has 1 aliphatic heterocycles. The number of hydrogen-bond acceptors (Lipinski definition) is 8. The van der Waals surface area contributed by atoms with Crippen LogP contribution in [0.3, 0.4) is 0 Å². The number of fused-ring (bicyclic) bond motifs is 2. The number of aryl methyl sites for hydroxylation is 1. The number of carbonyl (C=O) groups excluding carboxylic acids is 1. The summed E-state index contributed by atoms with van der Waals surface area (Å²) in [6.45, 7) is 9.20. The summed E-state index contributed by atoms with van der Waals surface area (Å²) >= 11 is 1.45. The number of carbonyl (C=O) groups is 1. The predicted molar refractivity (Wildman–Crippen MR) is 142 cm³/mol. The number of imidazole rings is 1. The summed E-state index contributed by atoms with van der Waals surface area (Å²) in [5, 5.41) is 12.0. The van der Waals surface area contributed by atoms with Crippen LogP contribution >= 0.6 is 11.3 Å². The first-order valence-electron chi connectivity index (χ1n) is 11.8. The second kappa shape index (κ2) is 9.34. The smallest absolute Gasteiger partial charge is 0.239 e. The Kier molecular flexibility index (Phi) is 6.21. The SMILES string of the molecule is Cc1ccc(-c2nc3sc(N(C)CC(=O)NCc4ccc5c(c4)OCO5)nn3c2NC(C)(C)C)cc1. The van der Waals surface area contributed by atoms with Crippen LogP contribution in [0.1, 0.15) is 31.9 Å². The molecule has 1 aliphatic rings. The van der Waals surface area contributed by atoms with Gasteiger partial charge >= 0.3 is 0 Å². The molecule has 0 fully saturated rings. The molecule has 0 spiro atoms. The molecule has 0 aliphatic carbocycles. The molecule has 0 saturated carbocycles. The van der Waals surface area contributed by atoms with E-state index in [1.54, 1.807) is 0 Å². The van der Waals surface area contributed by atoms with Gasteiger partial charge in [0.2, 0.25) is 22.8 Å². The van der Waals surface area contributed by atoms with Crippen LogP contribution in [0, 0.1) is 6.92 Å². The standard InChI is InChI=1S/C26H30N6O3S/c1-16-6-9-18(10-7-16)22-23(29-26(2,3)4)32-24(28-22)36-25(30-32)31(5)14-21(33)27-13-17-8-11-19-20(12-17)35-15-34-19/h6-12,29H,13-15H2,1-5H3,(H,27,33). The number of rotatable bonds is 7. The highest BCUT2D eigenvalue weighted by atomic mass is 32.1. The third-order valence-electron chi connectivity index (χ3n) is 5.65. The first-order valence-corrected chi connectivity index (χ1v) is 12.6. The van der Waals surface area contributed by atoms with Gasteiger partial charge in [0.1, 0.15) is 5.69 Å². The second-order valence-corrected chi connectivity index (χ2v) is 10.9. The zero-order valence-corrected chi connectivity index (χ0v) is 21.9. The average Bonchev–Trinajstić information content (AvgIpc) is 3.53. The minimum absolute atomic E-state index is 0.101. The highest BCUT2D eigenvalue weighted by Gasteiger charge is 2.23. The summed E-state index contributed by atoms with van der Waals surface area (Å²) in [7, 11) is 1.86. The zero-order chi connectivity index (χ0) is 25.4. The Bertz CT molecular complexity index is 1400. The number of amides is 1. The van der Waals surface area contributed by atoms with Crippen LogP contribution in [0.25, 0.3) is 16.2 Å². The van der Waals surface area contributed by atoms with Crippen LogP contribution in [-0.4, -0.2) is 46.4 Å². The van der Waals surface area contributed by atoms with E-state index in [-0.39, 0.29) is 24.8 Å². The van der Waals surface area contributed by atoms with Gasteiger partial charge in [-0.3, -0.25) is 4.79 Å². The molecule has 36 heavy (non-hydrogen) atoms. The van der Waals surface area contributed by atoms with E-state index in [4.69, 9.17) is 19.6 Å². The molecule has 4 aromatic rings. The minimum atomic E-state index is -0.181. The Labute approximate surface area is 214 Å². The fourth-order valence-corrected chi connectivity index (χ4v) is 4.72. The van der Waals surface area contributed by atoms with Crippen LogP contribution < -0.4 is 25.0 Å². The molecule has 0 atom stereocenters. The number of nitrogens with zero attached hydrogens (tertiary/aromatic N) is 4. The van der Waals surface area contributed by atoms with Crippen molar-refractivity contribution in [2.45, 2.75) is 39.8 Å². The minimum Gasteiger partial charge on any atom is -0.454 e. The van der Waals surface area contributed by atoms with E-state index in [2.05, 4.69) is 62.6 Å². The Morgan fingerprint density at radius 1 is 1.14 bits per heavy atom. The molecule has 5 rings (SSSR count). The van der Waals surface area contributed by atoms with Gasteiger partial charge in [-0.1, -0.05) is 47.2 Å². The molecule has 9 nitrogen and oxygen atoms in total. The van der Waals surface area contributed by atoms with E-state index in [1.807, 2.05) is 34.7 Å². The van der Waals surface area contributed by atoms with Crippen molar-refractivity contribution in [3.05, 3.63) is 53.6 Å². The lowest BCUT2D eigenvalue weighted by Gasteiger charge is -2.22. The Morgan fingerprint density at radius 2 is 1.89 bits per heavy atom. The molecule has 1 amide bonds. The van der Waals surface area contributed by atoms with Gasteiger partial charge in [0, 0.05) is 24.7 Å². The normalized spacial score (nSPS) is 12.7. The molecule has 0 saturated heterocycles. The number of benzene rings is 2. The van der Waals surface area contributed by atoms with Crippen LogP contribution in [-0.2, 0) is 11.3 Å². The average molecular weight is 507 g/mol. The second-order valence-electron chi connectivity index (χ2n) is 9.95. The molecule has 0 radical (unpaired) electrons. The zero-order valence-electron chi connectivity index (χ0n) is 21.1. The molecule has 2 aromatic carbocycles. The number of likely N-dealkylation sites (N-methyl/N-ethyl adjacent to an activating group) is 1. The monoisotopic (exact) mass is 506 g/mol. The van der Waals surface area contributed by atoms with Gasteiger partial charge in [0.05, 0.1) is 6.54 Å². The summed E-state index contributed by atoms with van der Waals surface area (Å²) in [5.74, 6) is 2.17. The van der Waals surface area contributed by atoms with E-state index in [9.17, 15) is 4.79 Å². The van der Waals surface area contributed by atoms with Crippen LogP contribution in [0.5, 0.6) is 11.5 Å². The van der Waals surface area contributed by atoms with Crippen LogP contribution in [0.2, 0.25) is 0 Å². The van der Waals surface area contributed by atoms with Crippen molar-refractivity contribution in [1.29, 1.82) is 0 Å². The van der Waals surface area contributed by atoms with Crippen LogP contribution in [0.15, 0.2) is 42.5 Å². The first kappa shape index (κ1) is 23.9. The fraction of sp³-hybridized carbons (Fsp3) is 0.346. The van der Waals surface area contributed by atoms with E-state index >= 15 is 0 Å². The molecule has 0 bridgehead atoms. The maximum absolute atomic E-state index is 12.6. The number of hydrogen-bond donors (Lipinski definition) is 2. The predicted octanol–water partition coefficient (Wildman–Crippen LogP) is 4.46. The summed E-state index contributed by atoms with van der Waals surface area (Å²) in [5.41, 5.74) is 3.86. The van der Waals surface area contributed by atoms with Crippen molar-refractivity contribution in [1.82, 2.24) is 19.9 Å². The van der Waals surface area contributed by atoms with E-state index in [1.165, 1.54) is 16.9 Å². The number of ether oxygens (including phenoxy) is 2. The van der Waals surface area contributed by atoms with Crippen molar-refractivity contribution >= 4 is 33.2 Å². The summed E-state index contributed by atoms with van der Waals surface area (Å²) in [4.78, 5) is 20.1. The maximum atomic E-state index is 12.6. The van der Waals surface area contributed by atoms with Gasteiger partial charge in [-0.2, -0.15) is 4.52 Å². The lowest BCUT2D eigenvalue weighted by Crippen LogP contribution is -2.34. The largest absolute Gasteiger partial charge is 0.454 e. The Morgan fingerprint density at radius 3 is 2.64 bits per heavy atom. The summed E-state index contributed by atoms with van der Waals surface area (Å²) < 4.78 is 12.6. The third-order valence-corrected chi connectivity index (χ3v) is 6.67. The number of aromatic nitrogens is 3. The highest BCUT2D eigenvalue weighted by molar-refractivity contribution is 7.20. The van der Waals surface area contributed by atoms with Crippen LogP contribution in [0.4, 0.5) is 10.9 Å². The van der Waals surface area contributed by atoms with Crippen molar-refractivity contribution in [2.75, 3.05) is 30.6 Å². The summed E-state index contributed by atoms with van der Waals surface area (Å²) in [6.07, 6.45) is 0. The van der Waals surface area contributed by atoms with Gasteiger partial charge in [-0.15, -0.1) is 5.10 Å². The highest BCUT2D eigenvalue weighted by Crippen LogP contribution is 2.35. The number of anilines is 2. The van der Waals surface area contributed by atoms with Crippen molar-refractivity contribution < 1.29 is 14.3 Å². The maximum Gasteiger partial charge on any atom is 0.239 e. The fourth-order valence-electron chi connectivity index (χ4n) is 3.86. The Hall–Kier alpha value is -3.79. The molecular formula is C26H30N6O3S. The van der Waals surface area contributed by atoms with Gasteiger partial charge in [0.15, 0.2) is 17.3 Å². The number of nitrogens with one attached hydrogen (secondary N) is 2. The van der Waals surface area contributed by atoms with E-state index < -0.39 is 0 Å². The topological polar surface area (TPSA) is 93.0 Å². The molecule has 188 valence electrons.